The summed E-state index contributed by atoms with van der Waals surface area (Å²) in [7, 11) is 0. The fraction of sp³-hybridized carbons (Fsp3) is 1.00. The van der Waals surface area contributed by atoms with Crippen LogP contribution in [0.4, 0.5) is 0 Å². The predicted octanol–water partition coefficient (Wildman–Crippen LogP) is 2.19. The third-order valence-electron chi connectivity index (χ3n) is 5.14. The van der Waals surface area contributed by atoms with Crippen molar-refractivity contribution in [3.63, 3.8) is 0 Å². The summed E-state index contributed by atoms with van der Waals surface area (Å²) >= 11 is 0. The van der Waals surface area contributed by atoms with Crippen molar-refractivity contribution in [3.05, 3.63) is 0 Å². The van der Waals surface area contributed by atoms with E-state index in [9.17, 15) is 10.2 Å². The second kappa shape index (κ2) is 4.06. The standard InChI is InChI=1S/C13H24O2/c1-9(8-14)10-5-6-11-12(15)4-3-7-13(10,11)2/h9-12,14-15H,3-8H2,1-2H3/t9-,10+,11+,12+,13+/m0/s1. The van der Waals surface area contributed by atoms with Gasteiger partial charge in [0, 0.05) is 6.61 Å². The first kappa shape index (κ1) is 11.4. The highest BCUT2D eigenvalue weighted by atomic mass is 16.3. The molecule has 2 nitrogen and oxygen atoms in total. The summed E-state index contributed by atoms with van der Waals surface area (Å²) in [5, 5.41) is 19.4. The van der Waals surface area contributed by atoms with E-state index in [0.717, 1.165) is 19.3 Å². The van der Waals surface area contributed by atoms with E-state index in [1.807, 2.05) is 0 Å². The van der Waals surface area contributed by atoms with Crippen molar-refractivity contribution in [2.24, 2.45) is 23.2 Å². The normalized spacial score (nSPS) is 47.6. The molecule has 2 saturated carbocycles. The summed E-state index contributed by atoms with van der Waals surface area (Å²) in [6.07, 6.45) is 5.65. The molecule has 0 bridgehead atoms. The van der Waals surface area contributed by atoms with Crippen molar-refractivity contribution in [1.29, 1.82) is 0 Å². The van der Waals surface area contributed by atoms with Gasteiger partial charge in [-0.25, -0.2) is 0 Å². The number of aliphatic hydroxyl groups is 2. The lowest BCUT2D eigenvalue weighted by atomic mass is 9.62. The van der Waals surface area contributed by atoms with Gasteiger partial charge in [0.05, 0.1) is 6.10 Å². The summed E-state index contributed by atoms with van der Waals surface area (Å²) in [5.74, 6) is 1.50. The largest absolute Gasteiger partial charge is 0.396 e. The Balaban J connectivity index is 2.17. The minimum atomic E-state index is -0.0837. The molecule has 0 aromatic heterocycles. The molecular formula is C13H24O2. The molecule has 2 N–H and O–H groups in total. The highest BCUT2D eigenvalue weighted by molar-refractivity contribution is 5.01. The molecule has 2 heteroatoms. The smallest absolute Gasteiger partial charge is 0.0573 e. The molecular weight excluding hydrogens is 188 g/mol. The number of rotatable bonds is 2. The highest BCUT2D eigenvalue weighted by Crippen LogP contribution is 2.57. The molecule has 88 valence electrons. The lowest BCUT2D eigenvalue weighted by molar-refractivity contribution is -0.0321. The maximum absolute atomic E-state index is 10.1. The average Bonchev–Trinajstić information content (AvgIpc) is 2.56. The second-order valence-corrected chi connectivity index (χ2v) is 5.92. The van der Waals surface area contributed by atoms with Crippen molar-refractivity contribution in [3.8, 4) is 0 Å². The van der Waals surface area contributed by atoms with E-state index in [4.69, 9.17) is 0 Å². The third-order valence-corrected chi connectivity index (χ3v) is 5.14. The van der Waals surface area contributed by atoms with Crippen LogP contribution >= 0.6 is 0 Å². The molecule has 0 aliphatic heterocycles. The minimum absolute atomic E-state index is 0.0837. The van der Waals surface area contributed by atoms with Gasteiger partial charge in [-0.2, -0.15) is 0 Å². The molecule has 0 unspecified atom stereocenters. The van der Waals surface area contributed by atoms with Crippen LogP contribution in [0, 0.1) is 23.2 Å². The monoisotopic (exact) mass is 212 g/mol. The maximum Gasteiger partial charge on any atom is 0.0573 e. The summed E-state index contributed by atoms with van der Waals surface area (Å²) in [4.78, 5) is 0. The van der Waals surface area contributed by atoms with Gasteiger partial charge in [0.25, 0.3) is 0 Å². The summed E-state index contributed by atoms with van der Waals surface area (Å²) in [6.45, 7) is 4.78. The summed E-state index contributed by atoms with van der Waals surface area (Å²) < 4.78 is 0. The highest BCUT2D eigenvalue weighted by Gasteiger charge is 2.51. The van der Waals surface area contributed by atoms with Crippen LogP contribution < -0.4 is 0 Å². The Hall–Kier alpha value is -0.0800. The van der Waals surface area contributed by atoms with Crippen molar-refractivity contribution in [2.45, 2.75) is 52.1 Å². The summed E-state index contributed by atoms with van der Waals surface area (Å²) in [6, 6.07) is 0. The Morgan fingerprint density at radius 2 is 2.07 bits per heavy atom. The first-order valence-electron chi connectivity index (χ1n) is 6.38. The van der Waals surface area contributed by atoms with Gasteiger partial charge in [-0.1, -0.05) is 20.3 Å². The fourth-order valence-electron chi connectivity index (χ4n) is 4.25. The average molecular weight is 212 g/mol. The molecule has 2 aliphatic rings. The molecule has 0 aromatic carbocycles. The van der Waals surface area contributed by atoms with E-state index in [1.54, 1.807) is 0 Å². The van der Waals surface area contributed by atoms with E-state index in [1.165, 1.54) is 12.8 Å². The third kappa shape index (κ3) is 1.72. The molecule has 0 radical (unpaired) electrons. The molecule has 0 heterocycles. The molecule has 0 saturated heterocycles. The Labute approximate surface area is 92.7 Å². The van der Waals surface area contributed by atoms with Crippen molar-refractivity contribution < 1.29 is 10.2 Å². The lowest BCUT2D eigenvalue weighted by Crippen LogP contribution is -2.41. The zero-order valence-corrected chi connectivity index (χ0v) is 9.95. The topological polar surface area (TPSA) is 40.5 Å². The van der Waals surface area contributed by atoms with Crippen LogP contribution in [-0.4, -0.2) is 22.9 Å². The van der Waals surface area contributed by atoms with E-state index >= 15 is 0 Å². The molecule has 0 aromatic rings. The molecule has 0 amide bonds. The van der Waals surface area contributed by atoms with Crippen LogP contribution in [0.3, 0.4) is 0 Å². The van der Waals surface area contributed by atoms with Gasteiger partial charge in [0.1, 0.15) is 0 Å². The molecule has 2 aliphatic carbocycles. The number of hydrogen-bond donors (Lipinski definition) is 2. The van der Waals surface area contributed by atoms with Gasteiger partial charge in [0.15, 0.2) is 0 Å². The molecule has 2 fully saturated rings. The van der Waals surface area contributed by atoms with Gasteiger partial charge < -0.3 is 10.2 Å². The Morgan fingerprint density at radius 1 is 1.33 bits per heavy atom. The minimum Gasteiger partial charge on any atom is -0.396 e. The van der Waals surface area contributed by atoms with Crippen molar-refractivity contribution in [2.75, 3.05) is 6.61 Å². The SMILES string of the molecule is C[C@@H](CO)[C@H]1CC[C@@H]2[C@H](O)CCC[C@@]21C. The quantitative estimate of drug-likeness (QED) is 0.736. The maximum atomic E-state index is 10.1. The van der Waals surface area contributed by atoms with Gasteiger partial charge in [0.2, 0.25) is 0 Å². The van der Waals surface area contributed by atoms with Crippen molar-refractivity contribution in [1.82, 2.24) is 0 Å². The van der Waals surface area contributed by atoms with Gasteiger partial charge in [-0.05, 0) is 48.9 Å². The number of fused-ring (bicyclic) bond motifs is 1. The van der Waals surface area contributed by atoms with Gasteiger partial charge >= 0.3 is 0 Å². The zero-order chi connectivity index (χ0) is 11.1. The Bertz CT molecular complexity index is 229. The van der Waals surface area contributed by atoms with E-state index in [2.05, 4.69) is 13.8 Å². The first-order valence-corrected chi connectivity index (χ1v) is 6.38. The van der Waals surface area contributed by atoms with E-state index in [-0.39, 0.29) is 6.10 Å². The second-order valence-electron chi connectivity index (χ2n) is 5.92. The number of aliphatic hydroxyl groups excluding tert-OH is 2. The van der Waals surface area contributed by atoms with E-state index in [0.29, 0.717) is 29.8 Å². The lowest BCUT2D eigenvalue weighted by Gasteiger charge is -2.45. The van der Waals surface area contributed by atoms with Crippen molar-refractivity contribution >= 4 is 0 Å². The number of hydrogen-bond acceptors (Lipinski definition) is 2. The Morgan fingerprint density at radius 3 is 2.73 bits per heavy atom. The van der Waals surface area contributed by atoms with Crippen LogP contribution in [-0.2, 0) is 0 Å². The van der Waals surface area contributed by atoms with Crippen LogP contribution in [0.15, 0.2) is 0 Å². The Kier molecular flexibility index (Phi) is 3.09. The van der Waals surface area contributed by atoms with Crippen LogP contribution in [0.5, 0.6) is 0 Å². The summed E-state index contributed by atoms with van der Waals surface area (Å²) in [5.41, 5.74) is 0.291. The van der Waals surface area contributed by atoms with E-state index < -0.39 is 0 Å². The molecule has 2 rings (SSSR count). The molecule has 5 atom stereocenters. The van der Waals surface area contributed by atoms with Crippen LogP contribution in [0.2, 0.25) is 0 Å². The first-order chi connectivity index (χ1) is 7.09. The molecule has 0 spiro atoms. The van der Waals surface area contributed by atoms with Crippen LogP contribution in [0.1, 0.15) is 46.0 Å². The fourth-order valence-corrected chi connectivity index (χ4v) is 4.25. The van der Waals surface area contributed by atoms with Crippen LogP contribution in [0.25, 0.3) is 0 Å². The van der Waals surface area contributed by atoms with Gasteiger partial charge in [-0.15, -0.1) is 0 Å². The predicted molar refractivity (Wildman–Crippen MR) is 60.4 cm³/mol. The van der Waals surface area contributed by atoms with Gasteiger partial charge in [-0.3, -0.25) is 0 Å². The zero-order valence-electron chi connectivity index (χ0n) is 9.95. The molecule has 15 heavy (non-hydrogen) atoms.